The van der Waals surface area contributed by atoms with Crippen LogP contribution < -0.4 is 5.32 Å². The van der Waals surface area contributed by atoms with Gasteiger partial charge in [-0.3, -0.25) is 14.1 Å². The van der Waals surface area contributed by atoms with E-state index >= 15 is 0 Å². The van der Waals surface area contributed by atoms with Crippen LogP contribution in [-0.4, -0.2) is 54.6 Å². The summed E-state index contributed by atoms with van der Waals surface area (Å²) in [5.74, 6) is -0.344. The van der Waals surface area contributed by atoms with E-state index in [1.807, 2.05) is 0 Å². The van der Waals surface area contributed by atoms with Gasteiger partial charge in [-0.2, -0.15) is 0 Å². The van der Waals surface area contributed by atoms with E-state index in [9.17, 15) is 14.2 Å². The lowest BCUT2D eigenvalue weighted by Crippen LogP contribution is -2.35. The van der Waals surface area contributed by atoms with Crippen LogP contribution in [-0.2, 0) is 28.2 Å². The minimum atomic E-state index is -4.62. The second kappa shape index (κ2) is 27.6. The predicted octanol–water partition coefficient (Wildman–Crippen LogP) is 6.59. The fraction of sp³-hybridized carbons (Fsp3) is 0.929. The zero-order chi connectivity index (χ0) is 28.2. The summed E-state index contributed by atoms with van der Waals surface area (Å²) < 4.78 is 25.8. The zero-order valence-corrected chi connectivity index (χ0v) is 24.8. The first kappa shape index (κ1) is 37.0. The molecule has 0 aliphatic rings. The number of rotatable bonds is 30. The number of nitrogens with one attached hydrogen (secondary N) is 1. The number of hydrogen-bond acceptors (Lipinski definition) is 7. The van der Waals surface area contributed by atoms with E-state index in [4.69, 9.17) is 14.5 Å². The Hall–Kier alpha value is -0.990. The van der Waals surface area contributed by atoms with Gasteiger partial charge in [0.25, 0.3) is 6.47 Å². The monoisotopic (exact) mass is 565 g/mol. The summed E-state index contributed by atoms with van der Waals surface area (Å²) in [6.07, 6.45) is 21.5. The standard InChI is InChI=1S/C28H56NO8P/c1-2-3-4-5-6-12-15-18-21-28(31)37-27(25-36-38(32,33)34)24-29-22-19-16-13-10-8-7-9-11-14-17-20-23-35-26-30/h26-27,29H,2-25H2,1H3,(H2,32,33,34)/t27-/m0/s1. The van der Waals surface area contributed by atoms with E-state index in [1.165, 1.54) is 77.0 Å². The van der Waals surface area contributed by atoms with Crippen molar-refractivity contribution in [2.75, 3.05) is 26.3 Å². The first-order chi connectivity index (χ1) is 18.4. The largest absolute Gasteiger partial charge is 0.469 e. The number of unbranched alkanes of at least 4 members (excludes halogenated alkanes) is 17. The predicted molar refractivity (Wildman–Crippen MR) is 151 cm³/mol. The van der Waals surface area contributed by atoms with Gasteiger partial charge in [-0.15, -0.1) is 0 Å². The van der Waals surface area contributed by atoms with Gasteiger partial charge in [-0.1, -0.05) is 110 Å². The molecule has 226 valence electrons. The maximum atomic E-state index is 12.2. The van der Waals surface area contributed by atoms with Gasteiger partial charge in [0.1, 0.15) is 6.10 Å². The molecule has 0 aromatic heterocycles. The van der Waals surface area contributed by atoms with Gasteiger partial charge in [-0.25, -0.2) is 4.57 Å². The average Bonchev–Trinajstić information content (AvgIpc) is 2.88. The number of phosphoric acid groups is 1. The molecule has 0 rings (SSSR count). The third-order valence-electron chi connectivity index (χ3n) is 6.52. The van der Waals surface area contributed by atoms with Crippen LogP contribution in [0.2, 0.25) is 0 Å². The first-order valence-electron chi connectivity index (χ1n) is 15.0. The fourth-order valence-electron chi connectivity index (χ4n) is 4.30. The Balaban J connectivity index is 3.82. The number of esters is 1. The highest BCUT2D eigenvalue weighted by molar-refractivity contribution is 7.46. The highest BCUT2D eigenvalue weighted by Crippen LogP contribution is 2.35. The Morgan fingerprint density at radius 1 is 0.789 bits per heavy atom. The summed E-state index contributed by atoms with van der Waals surface area (Å²) in [6.45, 7) is 3.98. The smallest absolute Gasteiger partial charge is 0.468 e. The SMILES string of the molecule is CCCCCCCCCCC(=O)O[C@@H](CNCCCCCCCCCCCCCOC=O)COP(=O)(O)O. The summed E-state index contributed by atoms with van der Waals surface area (Å²) in [6, 6.07) is 0. The van der Waals surface area contributed by atoms with Gasteiger partial charge >= 0.3 is 13.8 Å². The molecule has 38 heavy (non-hydrogen) atoms. The fourth-order valence-corrected chi connectivity index (χ4v) is 4.66. The van der Waals surface area contributed by atoms with E-state index in [1.54, 1.807) is 0 Å². The molecule has 0 radical (unpaired) electrons. The molecule has 0 aromatic rings. The lowest BCUT2D eigenvalue weighted by Gasteiger charge is -2.19. The van der Waals surface area contributed by atoms with E-state index in [0.29, 0.717) is 26.0 Å². The summed E-state index contributed by atoms with van der Waals surface area (Å²) in [7, 11) is -4.62. The first-order valence-corrected chi connectivity index (χ1v) is 16.6. The zero-order valence-electron chi connectivity index (χ0n) is 23.9. The van der Waals surface area contributed by atoms with Crippen molar-refractivity contribution in [2.45, 2.75) is 141 Å². The molecule has 0 bridgehead atoms. The second-order valence-electron chi connectivity index (χ2n) is 10.2. The molecule has 3 N–H and O–H groups in total. The van der Waals surface area contributed by atoms with Crippen molar-refractivity contribution in [1.29, 1.82) is 0 Å². The van der Waals surface area contributed by atoms with Crippen LogP contribution in [0, 0.1) is 0 Å². The van der Waals surface area contributed by atoms with E-state index < -0.39 is 13.9 Å². The van der Waals surface area contributed by atoms with Crippen molar-refractivity contribution in [3.05, 3.63) is 0 Å². The second-order valence-corrected chi connectivity index (χ2v) is 11.4. The minimum Gasteiger partial charge on any atom is -0.468 e. The molecule has 0 aromatic carbocycles. The Morgan fingerprint density at radius 3 is 1.82 bits per heavy atom. The van der Waals surface area contributed by atoms with Crippen LogP contribution >= 0.6 is 7.82 Å². The van der Waals surface area contributed by atoms with Crippen LogP contribution in [0.3, 0.4) is 0 Å². The molecule has 0 aliphatic carbocycles. The maximum absolute atomic E-state index is 12.2. The maximum Gasteiger partial charge on any atom is 0.469 e. The Kier molecular flexibility index (Phi) is 26.9. The molecule has 0 saturated heterocycles. The van der Waals surface area contributed by atoms with Gasteiger partial charge in [0.2, 0.25) is 0 Å². The molecule has 1 atom stereocenters. The molecule has 0 heterocycles. The van der Waals surface area contributed by atoms with E-state index in [0.717, 1.165) is 51.5 Å². The molecule has 0 amide bonds. The Morgan fingerprint density at radius 2 is 1.29 bits per heavy atom. The number of carbonyl (C=O) groups is 2. The third kappa shape index (κ3) is 29.6. The number of hydrogen-bond donors (Lipinski definition) is 3. The molecular formula is C28H56NO8P. The van der Waals surface area contributed by atoms with Crippen molar-refractivity contribution in [3.63, 3.8) is 0 Å². The molecule has 0 saturated carbocycles. The van der Waals surface area contributed by atoms with Gasteiger partial charge < -0.3 is 24.6 Å². The number of phosphoric ester groups is 1. The van der Waals surface area contributed by atoms with Gasteiger partial charge in [0.15, 0.2) is 0 Å². The van der Waals surface area contributed by atoms with Crippen LogP contribution in [0.5, 0.6) is 0 Å². The van der Waals surface area contributed by atoms with Gasteiger partial charge in [0.05, 0.1) is 13.2 Å². The summed E-state index contributed by atoms with van der Waals surface area (Å²) in [5, 5.41) is 3.23. The molecular weight excluding hydrogens is 509 g/mol. The van der Waals surface area contributed by atoms with E-state index in [2.05, 4.69) is 21.5 Å². The van der Waals surface area contributed by atoms with Crippen LogP contribution in [0.25, 0.3) is 0 Å². The Labute approximate surface area is 231 Å². The summed E-state index contributed by atoms with van der Waals surface area (Å²) in [5.41, 5.74) is 0. The summed E-state index contributed by atoms with van der Waals surface area (Å²) >= 11 is 0. The third-order valence-corrected chi connectivity index (χ3v) is 7.00. The topological polar surface area (TPSA) is 131 Å². The Bertz CT molecular complexity index is 587. The van der Waals surface area contributed by atoms with Crippen molar-refractivity contribution in [3.8, 4) is 0 Å². The van der Waals surface area contributed by atoms with Crippen molar-refractivity contribution < 1.29 is 37.9 Å². The van der Waals surface area contributed by atoms with Crippen molar-refractivity contribution >= 4 is 20.3 Å². The molecule has 9 nitrogen and oxygen atoms in total. The van der Waals surface area contributed by atoms with Crippen molar-refractivity contribution in [2.24, 2.45) is 0 Å². The highest BCUT2D eigenvalue weighted by atomic mass is 31.2. The van der Waals surface area contributed by atoms with Gasteiger partial charge in [0, 0.05) is 13.0 Å². The molecule has 10 heteroatoms. The molecule has 0 unspecified atom stereocenters. The van der Waals surface area contributed by atoms with Gasteiger partial charge in [-0.05, 0) is 25.8 Å². The lowest BCUT2D eigenvalue weighted by molar-refractivity contribution is -0.150. The van der Waals surface area contributed by atoms with Crippen LogP contribution in [0.4, 0.5) is 0 Å². The van der Waals surface area contributed by atoms with Crippen LogP contribution in [0.15, 0.2) is 0 Å². The molecule has 0 aliphatic heterocycles. The highest BCUT2D eigenvalue weighted by Gasteiger charge is 2.21. The van der Waals surface area contributed by atoms with Crippen molar-refractivity contribution in [1.82, 2.24) is 5.32 Å². The van der Waals surface area contributed by atoms with Crippen LogP contribution in [0.1, 0.15) is 135 Å². The molecule has 0 fully saturated rings. The number of ether oxygens (including phenoxy) is 2. The normalized spacial score (nSPS) is 12.4. The molecule has 0 spiro atoms. The number of carbonyl (C=O) groups excluding carboxylic acids is 2. The lowest BCUT2D eigenvalue weighted by atomic mass is 10.1. The summed E-state index contributed by atoms with van der Waals surface area (Å²) in [4.78, 5) is 40.3. The van der Waals surface area contributed by atoms with E-state index in [-0.39, 0.29) is 12.6 Å². The minimum absolute atomic E-state index is 0.310. The quantitative estimate of drug-likeness (QED) is 0.0382. The average molecular weight is 566 g/mol.